The van der Waals surface area contributed by atoms with Gasteiger partial charge in [-0.1, -0.05) is 18.2 Å². The van der Waals surface area contributed by atoms with E-state index in [0.29, 0.717) is 24.2 Å². The van der Waals surface area contributed by atoms with Crippen molar-refractivity contribution in [2.24, 2.45) is 0 Å². The molecule has 0 unspecified atom stereocenters. The molecular formula is C21H24FN3O3. The zero-order valence-corrected chi connectivity index (χ0v) is 16.1. The molecule has 0 radical (unpaired) electrons. The molecule has 148 valence electrons. The Kier molecular flexibility index (Phi) is 6.36. The number of nitrogens with zero attached hydrogens (tertiary/aromatic N) is 3. The standard InChI is InChI=1S/C21H24FN3O3/c1-24(20(26)19-10-9-15(12-23-19)21(27)28-2)17-7-5-11-25(14-17)13-16-6-3-4-8-18(16)22/h3-4,6,8-10,12,17H,5,7,11,13-14H2,1-2H3/t17-/m0/s1. The molecule has 0 aliphatic carbocycles. The lowest BCUT2D eigenvalue weighted by atomic mass is 10.0. The number of rotatable bonds is 5. The monoisotopic (exact) mass is 385 g/mol. The van der Waals surface area contributed by atoms with Crippen LogP contribution in [0.4, 0.5) is 4.39 Å². The van der Waals surface area contributed by atoms with Gasteiger partial charge in [0.1, 0.15) is 11.5 Å². The van der Waals surface area contributed by atoms with Gasteiger partial charge < -0.3 is 9.64 Å². The lowest BCUT2D eigenvalue weighted by Crippen LogP contribution is -2.48. The number of piperidine rings is 1. The van der Waals surface area contributed by atoms with Crippen LogP contribution in [0.1, 0.15) is 39.3 Å². The Bertz CT molecular complexity index is 841. The number of carbonyl (C=O) groups excluding carboxylic acids is 2. The maximum absolute atomic E-state index is 13.9. The van der Waals surface area contributed by atoms with E-state index < -0.39 is 5.97 Å². The number of aromatic nitrogens is 1. The maximum atomic E-state index is 13.9. The number of pyridine rings is 1. The summed E-state index contributed by atoms with van der Waals surface area (Å²) in [6.07, 6.45) is 3.17. The number of likely N-dealkylation sites (N-methyl/N-ethyl adjacent to an activating group) is 1. The van der Waals surface area contributed by atoms with Crippen LogP contribution in [-0.2, 0) is 11.3 Å². The van der Waals surface area contributed by atoms with Gasteiger partial charge in [0.2, 0.25) is 0 Å². The number of halogens is 1. The number of ether oxygens (including phenoxy) is 1. The number of esters is 1. The lowest BCUT2D eigenvalue weighted by Gasteiger charge is -2.37. The Hall–Kier alpha value is -2.80. The van der Waals surface area contributed by atoms with E-state index in [1.165, 1.54) is 31.5 Å². The molecule has 28 heavy (non-hydrogen) atoms. The third-order valence-electron chi connectivity index (χ3n) is 5.10. The highest BCUT2D eigenvalue weighted by Gasteiger charge is 2.27. The summed E-state index contributed by atoms with van der Waals surface area (Å²) in [4.78, 5) is 32.2. The number of hydrogen-bond acceptors (Lipinski definition) is 5. The summed E-state index contributed by atoms with van der Waals surface area (Å²) >= 11 is 0. The SMILES string of the molecule is COC(=O)c1ccc(C(=O)N(C)[C@H]2CCCN(Cc3ccccc3F)C2)nc1. The summed E-state index contributed by atoms with van der Waals surface area (Å²) < 4.78 is 18.6. The van der Waals surface area contributed by atoms with E-state index in [4.69, 9.17) is 0 Å². The number of methoxy groups -OCH3 is 1. The fraction of sp³-hybridized carbons (Fsp3) is 0.381. The Labute approximate surface area is 163 Å². The third kappa shape index (κ3) is 4.54. The van der Waals surface area contributed by atoms with E-state index in [2.05, 4.69) is 14.6 Å². The molecule has 0 spiro atoms. The van der Waals surface area contributed by atoms with Gasteiger partial charge in [-0.25, -0.2) is 9.18 Å². The molecule has 1 aromatic carbocycles. The second kappa shape index (κ2) is 8.93. The van der Waals surface area contributed by atoms with Crippen LogP contribution in [0.15, 0.2) is 42.6 Å². The average molecular weight is 385 g/mol. The highest BCUT2D eigenvalue weighted by atomic mass is 19.1. The Morgan fingerprint density at radius 3 is 2.75 bits per heavy atom. The first kappa shape index (κ1) is 19.9. The molecule has 0 N–H and O–H groups in total. The van der Waals surface area contributed by atoms with Gasteiger partial charge in [0, 0.05) is 37.9 Å². The predicted octanol–water partition coefficient (Wildman–Crippen LogP) is 2.74. The smallest absolute Gasteiger partial charge is 0.339 e. The number of carbonyl (C=O) groups is 2. The lowest BCUT2D eigenvalue weighted by molar-refractivity contribution is 0.0587. The van der Waals surface area contributed by atoms with Crippen LogP contribution >= 0.6 is 0 Å². The van der Waals surface area contributed by atoms with Crippen molar-refractivity contribution in [1.29, 1.82) is 0 Å². The van der Waals surface area contributed by atoms with Crippen molar-refractivity contribution in [2.75, 3.05) is 27.2 Å². The van der Waals surface area contributed by atoms with E-state index in [9.17, 15) is 14.0 Å². The minimum Gasteiger partial charge on any atom is -0.465 e. The van der Waals surface area contributed by atoms with Crippen molar-refractivity contribution in [3.8, 4) is 0 Å². The molecule has 2 heterocycles. The third-order valence-corrected chi connectivity index (χ3v) is 5.10. The van der Waals surface area contributed by atoms with Crippen molar-refractivity contribution < 1.29 is 18.7 Å². The Morgan fingerprint density at radius 1 is 1.29 bits per heavy atom. The molecule has 1 aromatic heterocycles. The van der Waals surface area contributed by atoms with E-state index in [-0.39, 0.29) is 23.5 Å². The van der Waals surface area contributed by atoms with Crippen molar-refractivity contribution in [3.05, 3.63) is 65.2 Å². The zero-order chi connectivity index (χ0) is 20.1. The zero-order valence-electron chi connectivity index (χ0n) is 16.1. The van der Waals surface area contributed by atoms with Crippen LogP contribution in [0, 0.1) is 5.82 Å². The minimum atomic E-state index is -0.490. The van der Waals surface area contributed by atoms with Crippen molar-refractivity contribution in [3.63, 3.8) is 0 Å². The summed E-state index contributed by atoms with van der Waals surface area (Å²) in [5.74, 6) is -0.894. The van der Waals surface area contributed by atoms with Gasteiger partial charge in [-0.15, -0.1) is 0 Å². The first-order chi connectivity index (χ1) is 13.5. The summed E-state index contributed by atoms with van der Waals surface area (Å²) in [6.45, 7) is 2.08. The van der Waals surface area contributed by atoms with Crippen LogP contribution in [-0.4, -0.2) is 59.9 Å². The number of benzene rings is 1. The summed E-state index contributed by atoms with van der Waals surface area (Å²) in [6, 6.07) is 9.87. The number of amides is 1. The van der Waals surface area contributed by atoms with Gasteiger partial charge in [-0.2, -0.15) is 0 Å². The van der Waals surface area contributed by atoms with Gasteiger partial charge in [0.25, 0.3) is 5.91 Å². The van der Waals surface area contributed by atoms with Gasteiger partial charge in [0.05, 0.1) is 12.7 Å². The summed E-state index contributed by atoms with van der Waals surface area (Å²) in [5, 5.41) is 0. The second-order valence-corrected chi connectivity index (χ2v) is 6.96. The largest absolute Gasteiger partial charge is 0.465 e. The average Bonchev–Trinajstić information content (AvgIpc) is 2.74. The maximum Gasteiger partial charge on any atom is 0.339 e. The number of hydrogen-bond donors (Lipinski definition) is 0. The molecule has 1 aliphatic heterocycles. The van der Waals surface area contributed by atoms with Crippen LogP contribution < -0.4 is 0 Å². The highest BCUT2D eigenvalue weighted by molar-refractivity contribution is 5.94. The topological polar surface area (TPSA) is 62.7 Å². The van der Waals surface area contributed by atoms with Crippen molar-refractivity contribution in [2.45, 2.75) is 25.4 Å². The Morgan fingerprint density at radius 2 is 2.07 bits per heavy atom. The highest BCUT2D eigenvalue weighted by Crippen LogP contribution is 2.19. The normalized spacial score (nSPS) is 17.2. The van der Waals surface area contributed by atoms with Crippen LogP contribution in [0.5, 0.6) is 0 Å². The van der Waals surface area contributed by atoms with Crippen molar-refractivity contribution in [1.82, 2.24) is 14.8 Å². The molecule has 0 saturated carbocycles. The van der Waals surface area contributed by atoms with Gasteiger partial charge in [-0.3, -0.25) is 14.7 Å². The van der Waals surface area contributed by atoms with Crippen molar-refractivity contribution >= 4 is 11.9 Å². The molecule has 1 amide bonds. The quantitative estimate of drug-likeness (QED) is 0.741. The van der Waals surface area contributed by atoms with Gasteiger partial charge in [-0.05, 0) is 37.6 Å². The minimum absolute atomic E-state index is 0.0232. The molecule has 1 fully saturated rings. The molecule has 1 aliphatic rings. The molecule has 1 atom stereocenters. The second-order valence-electron chi connectivity index (χ2n) is 6.96. The molecular weight excluding hydrogens is 361 g/mol. The fourth-order valence-electron chi connectivity index (χ4n) is 3.46. The van der Waals surface area contributed by atoms with Crippen LogP contribution in [0.2, 0.25) is 0 Å². The van der Waals surface area contributed by atoms with E-state index >= 15 is 0 Å². The summed E-state index contributed by atoms with van der Waals surface area (Å²) in [5.41, 5.74) is 1.24. The van der Waals surface area contributed by atoms with E-state index in [0.717, 1.165) is 19.4 Å². The molecule has 7 heteroatoms. The first-order valence-corrected chi connectivity index (χ1v) is 9.27. The molecule has 3 rings (SSSR count). The molecule has 6 nitrogen and oxygen atoms in total. The fourth-order valence-corrected chi connectivity index (χ4v) is 3.46. The van der Waals surface area contributed by atoms with Gasteiger partial charge in [0.15, 0.2) is 0 Å². The Balaban J connectivity index is 1.64. The molecule has 0 bridgehead atoms. The van der Waals surface area contributed by atoms with Crippen LogP contribution in [0.3, 0.4) is 0 Å². The molecule has 2 aromatic rings. The number of likely N-dealkylation sites (tertiary alicyclic amines) is 1. The van der Waals surface area contributed by atoms with Crippen LogP contribution in [0.25, 0.3) is 0 Å². The first-order valence-electron chi connectivity index (χ1n) is 9.27. The van der Waals surface area contributed by atoms with E-state index in [1.807, 2.05) is 6.07 Å². The molecule has 1 saturated heterocycles. The summed E-state index contributed by atoms with van der Waals surface area (Å²) in [7, 11) is 3.06. The van der Waals surface area contributed by atoms with Gasteiger partial charge >= 0.3 is 5.97 Å². The van der Waals surface area contributed by atoms with E-state index in [1.54, 1.807) is 24.1 Å². The predicted molar refractivity (Wildman–Crippen MR) is 102 cm³/mol.